The van der Waals surface area contributed by atoms with E-state index in [4.69, 9.17) is 0 Å². The molecule has 1 fully saturated rings. The number of hydrogen-bond donors (Lipinski definition) is 1. The fourth-order valence-corrected chi connectivity index (χ4v) is 3.49. The van der Waals surface area contributed by atoms with Crippen molar-refractivity contribution in [3.05, 3.63) is 24.3 Å². The van der Waals surface area contributed by atoms with Crippen LogP contribution in [0.25, 0.3) is 0 Å². The number of sulfone groups is 1. The van der Waals surface area contributed by atoms with Gasteiger partial charge in [0.05, 0.1) is 10.6 Å². The van der Waals surface area contributed by atoms with E-state index in [0.717, 1.165) is 12.1 Å². The van der Waals surface area contributed by atoms with Crippen molar-refractivity contribution in [2.24, 2.45) is 5.92 Å². The van der Waals surface area contributed by atoms with E-state index >= 15 is 0 Å². The Morgan fingerprint density at radius 2 is 1.83 bits per heavy atom. The van der Waals surface area contributed by atoms with Crippen LogP contribution < -0.4 is 5.32 Å². The van der Waals surface area contributed by atoms with Gasteiger partial charge in [-0.3, -0.25) is 0 Å². The monoisotopic (exact) mass is 267 g/mol. The van der Waals surface area contributed by atoms with Gasteiger partial charge in [0.15, 0.2) is 9.84 Å². The SMILES string of the molecule is CC1CCCCC1Nc1ccccc1S(C)(=O)=O. The summed E-state index contributed by atoms with van der Waals surface area (Å²) in [5.41, 5.74) is 0.749. The molecule has 100 valence electrons. The summed E-state index contributed by atoms with van der Waals surface area (Å²) in [5, 5.41) is 3.43. The van der Waals surface area contributed by atoms with Crippen molar-refractivity contribution < 1.29 is 8.42 Å². The summed E-state index contributed by atoms with van der Waals surface area (Å²) in [6.07, 6.45) is 6.12. The van der Waals surface area contributed by atoms with Crippen LogP contribution >= 0.6 is 0 Å². The molecule has 1 aromatic rings. The molecule has 0 heterocycles. The van der Waals surface area contributed by atoms with Gasteiger partial charge in [0.2, 0.25) is 0 Å². The molecule has 0 bridgehead atoms. The molecule has 2 rings (SSSR count). The van der Waals surface area contributed by atoms with Gasteiger partial charge in [0.25, 0.3) is 0 Å². The lowest BCUT2D eigenvalue weighted by Crippen LogP contribution is -2.30. The van der Waals surface area contributed by atoms with Crippen molar-refractivity contribution in [3.63, 3.8) is 0 Å². The Morgan fingerprint density at radius 1 is 1.17 bits per heavy atom. The lowest BCUT2D eigenvalue weighted by atomic mass is 9.86. The molecule has 1 N–H and O–H groups in total. The van der Waals surface area contributed by atoms with Gasteiger partial charge < -0.3 is 5.32 Å². The molecule has 0 amide bonds. The highest BCUT2D eigenvalue weighted by atomic mass is 32.2. The highest BCUT2D eigenvalue weighted by Gasteiger charge is 2.23. The van der Waals surface area contributed by atoms with Crippen LogP contribution in [-0.2, 0) is 9.84 Å². The average molecular weight is 267 g/mol. The van der Waals surface area contributed by atoms with Crippen LogP contribution in [0.3, 0.4) is 0 Å². The summed E-state index contributed by atoms with van der Waals surface area (Å²) in [6, 6.07) is 7.57. The molecule has 18 heavy (non-hydrogen) atoms. The highest BCUT2D eigenvalue weighted by Crippen LogP contribution is 2.29. The summed E-state index contributed by atoms with van der Waals surface area (Å²) in [4.78, 5) is 0.405. The normalized spacial score (nSPS) is 24.8. The third-order valence-electron chi connectivity index (χ3n) is 3.74. The quantitative estimate of drug-likeness (QED) is 0.915. The maximum Gasteiger partial charge on any atom is 0.177 e. The van der Waals surface area contributed by atoms with Crippen molar-refractivity contribution in [1.29, 1.82) is 0 Å². The molecular formula is C14H21NO2S. The molecule has 0 aromatic heterocycles. The molecule has 1 aromatic carbocycles. The minimum Gasteiger partial charge on any atom is -0.381 e. The minimum absolute atomic E-state index is 0.390. The first-order valence-electron chi connectivity index (χ1n) is 6.54. The Balaban J connectivity index is 2.24. The van der Waals surface area contributed by atoms with E-state index in [1.165, 1.54) is 25.5 Å². The maximum absolute atomic E-state index is 11.7. The van der Waals surface area contributed by atoms with Crippen LogP contribution in [-0.4, -0.2) is 20.7 Å². The van der Waals surface area contributed by atoms with Crippen LogP contribution in [0, 0.1) is 5.92 Å². The van der Waals surface area contributed by atoms with Crippen molar-refractivity contribution in [1.82, 2.24) is 0 Å². The lowest BCUT2D eigenvalue weighted by molar-refractivity contribution is 0.349. The minimum atomic E-state index is -3.16. The van der Waals surface area contributed by atoms with E-state index in [9.17, 15) is 8.42 Å². The fraction of sp³-hybridized carbons (Fsp3) is 0.571. The van der Waals surface area contributed by atoms with Crippen LogP contribution in [0.1, 0.15) is 32.6 Å². The smallest absolute Gasteiger partial charge is 0.177 e. The Morgan fingerprint density at radius 3 is 2.50 bits per heavy atom. The predicted octanol–water partition coefficient (Wildman–Crippen LogP) is 3.08. The molecule has 0 saturated heterocycles. The zero-order valence-corrected chi connectivity index (χ0v) is 11.8. The molecule has 2 unspecified atom stereocenters. The molecule has 0 spiro atoms. The Kier molecular flexibility index (Phi) is 3.95. The first-order chi connectivity index (χ1) is 8.48. The molecule has 1 aliphatic rings. The van der Waals surface area contributed by atoms with Gasteiger partial charge >= 0.3 is 0 Å². The van der Waals surface area contributed by atoms with Gasteiger partial charge in [-0.15, -0.1) is 0 Å². The second-order valence-corrected chi connectivity index (χ2v) is 7.27. The Hall–Kier alpha value is -1.03. The van der Waals surface area contributed by atoms with Crippen LogP contribution in [0.5, 0.6) is 0 Å². The first-order valence-corrected chi connectivity index (χ1v) is 8.43. The van der Waals surface area contributed by atoms with Gasteiger partial charge in [0.1, 0.15) is 0 Å². The topological polar surface area (TPSA) is 46.2 Å². The van der Waals surface area contributed by atoms with Crippen molar-refractivity contribution in [3.8, 4) is 0 Å². The maximum atomic E-state index is 11.7. The van der Waals surface area contributed by atoms with Gasteiger partial charge in [-0.1, -0.05) is 31.9 Å². The number of anilines is 1. The van der Waals surface area contributed by atoms with E-state index in [1.807, 2.05) is 12.1 Å². The van der Waals surface area contributed by atoms with E-state index < -0.39 is 9.84 Å². The number of benzene rings is 1. The summed E-state index contributed by atoms with van der Waals surface area (Å²) < 4.78 is 23.5. The largest absolute Gasteiger partial charge is 0.381 e. The van der Waals surface area contributed by atoms with E-state index in [2.05, 4.69) is 12.2 Å². The number of para-hydroxylation sites is 1. The summed E-state index contributed by atoms with van der Waals surface area (Å²) in [6.45, 7) is 2.24. The third kappa shape index (κ3) is 3.05. The zero-order chi connectivity index (χ0) is 13.2. The zero-order valence-electron chi connectivity index (χ0n) is 11.0. The molecular weight excluding hydrogens is 246 g/mol. The van der Waals surface area contributed by atoms with Crippen LogP contribution in [0.2, 0.25) is 0 Å². The van der Waals surface area contributed by atoms with Gasteiger partial charge in [-0.25, -0.2) is 8.42 Å². The molecule has 4 heteroatoms. The predicted molar refractivity (Wildman–Crippen MR) is 74.6 cm³/mol. The molecule has 0 radical (unpaired) electrons. The fourth-order valence-electron chi connectivity index (χ4n) is 2.64. The molecule has 3 nitrogen and oxygen atoms in total. The molecule has 0 aliphatic heterocycles. The summed E-state index contributed by atoms with van der Waals surface area (Å²) >= 11 is 0. The third-order valence-corrected chi connectivity index (χ3v) is 4.89. The van der Waals surface area contributed by atoms with Gasteiger partial charge in [0, 0.05) is 12.3 Å². The first kappa shape index (κ1) is 13.4. The van der Waals surface area contributed by atoms with Crippen LogP contribution in [0.4, 0.5) is 5.69 Å². The number of rotatable bonds is 3. The van der Waals surface area contributed by atoms with Crippen molar-refractivity contribution >= 4 is 15.5 Å². The number of nitrogens with one attached hydrogen (secondary N) is 1. The van der Waals surface area contributed by atoms with Crippen LogP contribution in [0.15, 0.2) is 29.2 Å². The van der Waals surface area contributed by atoms with Crippen molar-refractivity contribution in [2.45, 2.75) is 43.5 Å². The Labute approximate surface area is 110 Å². The molecule has 1 aliphatic carbocycles. The van der Waals surface area contributed by atoms with E-state index in [-0.39, 0.29) is 0 Å². The van der Waals surface area contributed by atoms with E-state index in [0.29, 0.717) is 16.9 Å². The second-order valence-electron chi connectivity index (χ2n) is 5.28. The second kappa shape index (κ2) is 5.31. The molecule has 1 saturated carbocycles. The van der Waals surface area contributed by atoms with Crippen molar-refractivity contribution in [2.75, 3.05) is 11.6 Å². The molecule has 2 atom stereocenters. The highest BCUT2D eigenvalue weighted by molar-refractivity contribution is 7.90. The number of hydrogen-bond acceptors (Lipinski definition) is 3. The van der Waals surface area contributed by atoms with E-state index in [1.54, 1.807) is 12.1 Å². The lowest BCUT2D eigenvalue weighted by Gasteiger charge is -2.30. The van der Waals surface area contributed by atoms with Gasteiger partial charge in [-0.05, 0) is 30.9 Å². The Bertz CT molecular complexity index is 510. The summed E-state index contributed by atoms with van der Waals surface area (Å²) in [7, 11) is -3.16. The standard InChI is InChI=1S/C14H21NO2S/c1-11-7-3-4-8-12(11)15-13-9-5-6-10-14(13)18(2,16)17/h5-6,9-12,15H,3-4,7-8H2,1-2H3. The summed E-state index contributed by atoms with van der Waals surface area (Å²) in [5.74, 6) is 0.603. The average Bonchev–Trinajstić information content (AvgIpc) is 2.31. The van der Waals surface area contributed by atoms with Gasteiger partial charge in [-0.2, -0.15) is 0 Å².